The highest BCUT2D eigenvalue weighted by molar-refractivity contribution is 5.86. The van der Waals surface area contributed by atoms with Crippen LogP contribution in [-0.2, 0) is 19.1 Å². The Morgan fingerprint density at radius 1 is 0.877 bits per heavy atom. The molecule has 4 atom stereocenters. The molecule has 57 heavy (non-hydrogen) atoms. The van der Waals surface area contributed by atoms with Gasteiger partial charge in [-0.3, -0.25) is 4.79 Å². The van der Waals surface area contributed by atoms with E-state index < -0.39 is 24.3 Å². The maximum atomic E-state index is 13.4. The number of halogens is 2. The molecular weight excluding hydrogens is 771 g/mol. The lowest BCUT2D eigenvalue weighted by Gasteiger charge is -2.37. The Balaban J connectivity index is 0.00000360. The van der Waals surface area contributed by atoms with E-state index in [1.54, 1.807) is 17.3 Å². The number of imidazole rings is 2. The molecule has 0 bridgehead atoms. The van der Waals surface area contributed by atoms with E-state index in [-0.39, 0.29) is 48.7 Å². The first kappa shape index (κ1) is 43.9. The van der Waals surface area contributed by atoms with Gasteiger partial charge in [-0.15, -0.1) is 24.8 Å². The second-order valence-electron chi connectivity index (χ2n) is 13.6. The van der Waals surface area contributed by atoms with Gasteiger partial charge in [0.2, 0.25) is 5.91 Å². The maximum absolute atomic E-state index is 13.4. The summed E-state index contributed by atoms with van der Waals surface area (Å²) < 4.78 is 9.84. The number of alkyl carbamates (subject to hydrolysis) is 1. The molecule has 2 saturated heterocycles. The predicted molar refractivity (Wildman–Crippen MR) is 217 cm³/mol. The molecule has 2 fully saturated rings. The van der Waals surface area contributed by atoms with E-state index in [9.17, 15) is 19.2 Å². The first-order valence-corrected chi connectivity index (χ1v) is 18.2. The monoisotopic (exact) mass is 816 g/mol. The third-order valence-electron chi connectivity index (χ3n) is 9.81. The summed E-state index contributed by atoms with van der Waals surface area (Å²) in [5.74, 6) is 12.9. The van der Waals surface area contributed by atoms with Crippen molar-refractivity contribution < 1.29 is 28.7 Å². The van der Waals surface area contributed by atoms with Gasteiger partial charge in [0.05, 0.1) is 44.4 Å². The quantitative estimate of drug-likeness (QED) is 0.126. The summed E-state index contributed by atoms with van der Waals surface area (Å²) in [4.78, 5) is 68.2. The van der Waals surface area contributed by atoms with Crippen molar-refractivity contribution in [2.75, 3.05) is 27.3 Å². The van der Waals surface area contributed by atoms with E-state index >= 15 is 0 Å². The van der Waals surface area contributed by atoms with Gasteiger partial charge in [-0.2, -0.15) is 0 Å². The zero-order valence-corrected chi connectivity index (χ0v) is 33.7. The molecule has 3 N–H and O–H groups in total. The molecule has 2 aliphatic heterocycles. The second-order valence-corrected chi connectivity index (χ2v) is 13.6. The summed E-state index contributed by atoms with van der Waals surface area (Å²) in [5, 5.41) is 5.92. The molecule has 0 aliphatic carbocycles. The smallest absolute Gasteiger partial charge is 0.425 e. The van der Waals surface area contributed by atoms with Crippen LogP contribution in [0.5, 0.6) is 0 Å². The number of nitrogens with zero attached hydrogens (tertiary/aromatic N) is 5. The Morgan fingerprint density at radius 2 is 1.54 bits per heavy atom. The van der Waals surface area contributed by atoms with Crippen LogP contribution in [-0.4, -0.2) is 92.6 Å². The van der Waals surface area contributed by atoms with Gasteiger partial charge in [-0.1, -0.05) is 62.2 Å². The van der Waals surface area contributed by atoms with Gasteiger partial charge in [-0.05, 0) is 72.6 Å². The lowest BCUT2D eigenvalue weighted by Crippen LogP contribution is -2.51. The average molecular weight is 818 g/mol. The number of nitrogens with one attached hydrogen (secondary N) is 3. The molecule has 2 aromatic carbocycles. The number of rotatable bonds is 10. The van der Waals surface area contributed by atoms with Crippen molar-refractivity contribution in [1.29, 1.82) is 0 Å². The van der Waals surface area contributed by atoms with Crippen LogP contribution in [0.4, 0.5) is 9.59 Å². The molecule has 16 heteroatoms. The van der Waals surface area contributed by atoms with E-state index in [0.717, 1.165) is 48.8 Å². The molecule has 2 aromatic heterocycles. The van der Waals surface area contributed by atoms with Crippen LogP contribution in [0.3, 0.4) is 0 Å². The summed E-state index contributed by atoms with van der Waals surface area (Å²) in [7, 11) is 2.58. The zero-order valence-electron chi connectivity index (χ0n) is 32.1. The van der Waals surface area contributed by atoms with Crippen LogP contribution in [0.25, 0.3) is 11.3 Å². The zero-order chi connectivity index (χ0) is 38.9. The van der Waals surface area contributed by atoms with Gasteiger partial charge >= 0.3 is 12.2 Å². The van der Waals surface area contributed by atoms with Crippen LogP contribution >= 0.6 is 24.8 Å². The minimum absolute atomic E-state index is 0. The molecule has 3 amide bonds. The summed E-state index contributed by atoms with van der Waals surface area (Å²) in [5.41, 5.74) is 3.76. The van der Waals surface area contributed by atoms with Crippen molar-refractivity contribution in [2.45, 2.75) is 63.7 Å². The molecule has 300 valence electrons. The molecule has 6 rings (SSSR count). The normalized spacial score (nSPS) is 17.0. The highest BCUT2D eigenvalue weighted by Gasteiger charge is 2.40. The van der Waals surface area contributed by atoms with Crippen molar-refractivity contribution in [3.63, 3.8) is 0 Å². The van der Waals surface area contributed by atoms with Crippen molar-refractivity contribution in [1.82, 2.24) is 40.2 Å². The van der Waals surface area contributed by atoms with Gasteiger partial charge < -0.3 is 34.5 Å². The number of carbonyl (C=O) groups is 4. The fraction of sp³-hybridized carbons (Fsp3) is 0.366. The number of likely N-dealkylation sites (tertiary alicyclic amines) is 1. The number of hydrogen-bond acceptors (Lipinski definition) is 9. The summed E-state index contributed by atoms with van der Waals surface area (Å²) in [6.45, 7) is 4.88. The van der Waals surface area contributed by atoms with E-state index in [2.05, 4.69) is 48.9 Å². The third kappa shape index (κ3) is 10.1. The second kappa shape index (κ2) is 20.4. The van der Waals surface area contributed by atoms with Crippen LogP contribution < -0.4 is 5.32 Å². The first-order chi connectivity index (χ1) is 26.7. The minimum Gasteiger partial charge on any atom is -0.453 e. The van der Waals surface area contributed by atoms with Crippen molar-refractivity contribution in [3.05, 3.63) is 95.5 Å². The Hall–Kier alpha value is -5.80. The van der Waals surface area contributed by atoms with Crippen LogP contribution in [0.15, 0.2) is 67.0 Å². The number of H-pyrrole nitrogens is 2. The number of amides is 3. The molecule has 0 saturated carbocycles. The van der Waals surface area contributed by atoms with Crippen molar-refractivity contribution in [2.24, 2.45) is 5.92 Å². The molecule has 0 radical (unpaired) electrons. The van der Waals surface area contributed by atoms with Gasteiger partial charge in [0.15, 0.2) is 0 Å². The van der Waals surface area contributed by atoms with Crippen LogP contribution in [0.1, 0.15) is 86.1 Å². The topological polar surface area (TPSA) is 166 Å². The first-order valence-electron chi connectivity index (χ1n) is 18.2. The number of benzene rings is 2. The summed E-state index contributed by atoms with van der Waals surface area (Å²) in [6, 6.07) is 14.8. The number of hydrazine groups is 1. The summed E-state index contributed by atoms with van der Waals surface area (Å²) >= 11 is 0. The number of carbonyl (C=O) groups excluding carboxylic acids is 4. The fourth-order valence-corrected chi connectivity index (χ4v) is 7.04. The van der Waals surface area contributed by atoms with Crippen LogP contribution in [0, 0.1) is 29.6 Å². The minimum atomic E-state index is -0.846. The highest BCUT2D eigenvalue weighted by atomic mass is 35.5. The van der Waals surface area contributed by atoms with E-state index in [1.165, 1.54) is 19.2 Å². The van der Waals surface area contributed by atoms with E-state index in [1.807, 2.05) is 73.5 Å². The van der Waals surface area contributed by atoms with Crippen molar-refractivity contribution in [3.8, 4) is 34.9 Å². The lowest BCUT2D eigenvalue weighted by molar-refractivity contribution is -0.135. The van der Waals surface area contributed by atoms with E-state index in [4.69, 9.17) is 9.47 Å². The number of aldehydes is 1. The van der Waals surface area contributed by atoms with Gasteiger partial charge in [0.25, 0.3) is 0 Å². The molecule has 4 aromatic rings. The molecule has 4 heterocycles. The number of hydrogen-bond donors (Lipinski definition) is 3. The maximum Gasteiger partial charge on any atom is 0.425 e. The fourth-order valence-electron chi connectivity index (χ4n) is 7.04. The molecular formula is C41H46Cl2N8O6. The number of aromatic amines is 2. The van der Waals surface area contributed by atoms with Gasteiger partial charge in [-0.25, -0.2) is 29.6 Å². The third-order valence-corrected chi connectivity index (χ3v) is 9.81. The van der Waals surface area contributed by atoms with Crippen LogP contribution in [0.2, 0.25) is 0 Å². The SMILES string of the molecule is COC(=O)N[C@H](C(=O)N1CCC[C@H]1c1ncc(C#CC#Cc2ccc(-c3cnc([C@@H]4CCCN4N(C(=O)OC)[C@@H](C=O)c4ccccc4)[nH]3)cc2)[nH]1)C(C)C.Cl.Cl. The number of ether oxygens (including phenoxy) is 2. The molecule has 2 aliphatic rings. The average Bonchev–Trinajstić information content (AvgIpc) is 4.05. The number of methoxy groups -OCH3 is 2. The molecule has 0 spiro atoms. The standard InChI is InChI=1S/C41H44N8O6.2ClH/c1-27(2)36(46-40(52)54-3)39(51)47-22-10-16-33(47)37-42-24-31(44-37)15-9-8-12-28-18-20-29(21-19-28)32-25-43-38(45-32)34-17-11-23-48(34)49(41(53)55-4)35(26-50)30-13-6-5-7-14-30;;/h5-7,13-14,18-21,24-27,33-36H,10-11,16-17,22-23H2,1-4H3,(H,42,44)(H,43,45)(H,46,52);2*1H/t33-,34-,35-,36-;;/m0../s1. The van der Waals surface area contributed by atoms with Crippen molar-refractivity contribution >= 4 is 49.2 Å². The number of aromatic nitrogens is 4. The largest absolute Gasteiger partial charge is 0.453 e. The highest BCUT2D eigenvalue weighted by Crippen LogP contribution is 2.37. The lowest BCUT2D eigenvalue weighted by atomic mass is 10.0. The Labute approximate surface area is 344 Å². The van der Waals surface area contributed by atoms with E-state index in [0.29, 0.717) is 36.0 Å². The Kier molecular flexibility index (Phi) is 15.7. The predicted octanol–water partition coefficient (Wildman–Crippen LogP) is 6.15. The van der Waals surface area contributed by atoms with Gasteiger partial charge in [0, 0.05) is 18.7 Å². The Bertz CT molecular complexity index is 2120. The Morgan fingerprint density at radius 3 is 2.23 bits per heavy atom. The molecule has 14 nitrogen and oxygen atoms in total. The van der Waals surface area contributed by atoms with Gasteiger partial charge in [0.1, 0.15) is 35.7 Å². The summed E-state index contributed by atoms with van der Waals surface area (Å²) in [6.07, 6.45) is 6.00. The molecule has 0 unspecified atom stereocenters.